The van der Waals surface area contributed by atoms with Crippen LogP contribution in [0.1, 0.15) is 39.5 Å². The molecule has 1 aliphatic heterocycles. The second kappa shape index (κ2) is 4.88. The van der Waals surface area contributed by atoms with Gasteiger partial charge < -0.3 is 14.7 Å². The number of carbonyl (C=O) groups excluding carboxylic acids is 1. The van der Waals surface area contributed by atoms with Gasteiger partial charge in [0.25, 0.3) is 0 Å². The summed E-state index contributed by atoms with van der Waals surface area (Å²) < 4.78 is 5.48. The number of rotatable bonds is 3. The Morgan fingerprint density at radius 3 is 2.56 bits per heavy atom. The van der Waals surface area contributed by atoms with Crippen molar-refractivity contribution in [1.29, 1.82) is 0 Å². The van der Waals surface area contributed by atoms with Crippen LogP contribution in [0.3, 0.4) is 0 Å². The lowest BCUT2D eigenvalue weighted by Crippen LogP contribution is -2.52. The van der Waals surface area contributed by atoms with Gasteiger partial charge in [-0.05, 0) is 26.7 Å². The molecule has 2 unspecified atom stereocenters. The first-order valence-electron chi connectivity index (χ1n) is 6.59. The van der Waals surface area contributed by atoms with Gasteiger partial charge in [0.2, 0.25) is 5.91 Å². The van der Waals surface area contributed by atoms with Crippen LogP contribution in [-0.4, -0.2) is 47.2 Å². The van der Waals surface area contributed by atoms with E-state index in [9.17, 15) is 14.7 Å². The lowest BCUT2D eigenvalue weighted by atomic mass is 9.66. The quantitative estimate of drug-likeness (QED) is 0.824. The predicted molar refractivity (Wildman–Crippen MR) is 65.1 cm³/mol. The lowest BCUT2D eigenvalue weighted by molar-refractivity contribution is -0.162. The van der Waals surface area contributed by atoms with Crippen LogP contribution in [-0.2, 0) is 14.3 Å². The Morgan fingerprint density at radius 1 is 1.39 bits per heavy atom. The average Bonchev–Trinajstić information content (AvgIpc) is 2.26. The molecule has 1 heterocycles. The number of carboxylic acid groups (broad SMARTS) is 1. The van der Waals surface area contributed by atoms with Gasteiger partial charge in [-0.25, -0.2) is 0 Å². The van der Waals surface area contributed by atoms with Crippen LogP contribution in [0.5, 0.6) is 0 Å². The van der Waals surface area contributed by atoms with E-state index in [1.54, 1.807) is 4.90 Å². The molecule has 5 nitrogen and oxygen atoms in total. The first kappa shape index (κ1) is 13.3. The zero-order valence-electron chi connectivity index (χ0n) is 11.0. The van der Waals surface area contributed by atoms with E-state index in [-0.39, 0.29) is 24.5 Å². The van der Waals surface area contributed by atoms with Crippen molar-refractivity contribution in [2.75, 3.05) is 13.2 Å². The average molecular weight is 255 g/mol. The van der Waals surface area contributed by atoms with Crippen LogP contribution >= 0.6 is 0 Å². The molecule has 1 saturated carbocycles. The first-order chi connectivity index (χ1) is 8.44. The van der Waals surface area contributed by atoms with E-state index < -0.39 is 11.4 Å². The Bertz CT molecular complexity index is 351. The van der Waals surface area contributed by atoms with Crippen molar-refractivity contribution in [3.05, 3.63) is 0 Å². The van der Waals surface area contributed by atoms with E-state index in [0.717, 1.165) is 6.42 Å². The van der Waals surface area contributed by atoms with E-state index in [1.807, 2.05) is 13.8 Å². The molecule has 0 aromatic rings. The number of ether oxygens (including phenoxy) is 1. The molecule has 2 fully saturated rings. The highest BCUT2D eigenvalue weighted by molar-refractivity contribution is 5.86. The predicted octanol–water partition coefficient (Wildman–Crippen LogP) is 1.27. The van der Waals surface area contributed by atoms with Crippen molar-refractivity contribution in [2.45, 2.75) is 51.7 Å². The van der Waals surface area contributed by atoms with Crippen molar-refractivity contribution in [3.8, 4) is 0 Å². The van der Waals surface area contributed by atoms with Crippen molar-refractivity contribution in [1.82, 2.24) is 4.90 Å². The molecule has 1 saturated heterocycles. The van der Waals surface area contributed by atoms with E-state index in [2.05, 4.69) is 0 Å². The second-order valence-corrected chi connectivity index (χ2v) is 5.65. The SMILES string of the molecule is CC1CN(C(=O)CC2(C(=O)O)CCC2)C(C)CO1. The summed E-state index contributed by atoms with van der Waals surface area (Å²) >= 11 is 0. The maximum absolute atomic E-state index is 12.3. The van der Waals surface area contributed by atoms with Gasteiger partial charge in [0, 0.05) is 13.0 Å². The summed E-state index contributed by atoms with van der Waals surface area (Å²) in [7, 11) is 0. The van der Waals surface area contributed by atoms with Gasteiger partial charge in [0.05, 0.1) is 24.2 Å². The van der Waals surface area contributed by atoms with Crippen LogP contribution in [0.2, 0.25) is 0 Å². The van der Waals surface area contributed by atoms with Gasteiger partial charge in [-0.15, -0.1) is 0 Å². The highest BCUT2D eigenvalue weighted by Gasteiger charge is 2.47. The van der Waals surface area contributed by atoms with Crippen molar-refractivity contribution in [2.24, 2.45) is 5.41 Å². The topological polar surface area (TPSA) is 66.8 Å². The number of carbonyl (C=O) groups is 2. The summed E-state index contributed by atoms with van der Waals surface area (Å²) in [5.74, 6) is -0.865. The third-order valence-corrected chi connectivity index (χ3v) is 4.18. The molecule has 1 N–H and O–H groups in total. The molecule has 18 heavy (non-hydrogen) atoms. The molecule has 1 aliphatic carbocycles. The first-order valence-corrected chi connectivity index (χ1v) is 6.59. The summed E-state index contributed by atoms with van der Waals surface area (Å²) in [5.41, 5.74) is -0.793. The molecule has 2 atom stereocenters. The zero-order valence-corrected chi connectivity index (χ0v) is 11.0. The number of aliphatic carboxylic acids is 1. The van der Waals surface area contributed by atoms with Crippen LogP contribution in [0.25, 0.3) is 0 Å². The normalized spacial score (nSPS) is 30.7. The highest BCUT2D eigenvalue weighted by Crippen LogP contribution is 2.44. The third-order valence-electron chi connectivity index (χ3n) is 4.18. The summed E-state index contributed by atoms with van der Waals surface area (Å²) in [5, 5.41) is 9.25. The van der Waals surface area contributed by atoms with Crippen molar-refractivity contribution >= 4 is 11.9 Å². The minimum absolute atomic E-state index is 0.0346. The highest BCUT2D eigenvalue weighted by atomic mass is 16.5. The molecule has 1 amide bonds. The van der Waals surface area contributed by atoms with Crippen molar-refractivity contribution in [3.63, 3.8) is 0 Å². The Kier molecular flexibility index (Phi) is 3.61. The van der Waals surface area contributed by atoms with Gasteiger partial charge in [-0.1, -0.05) is 6.42 Å². The molecule has 2 rings (SSSR count). The fourth-order valence-electron chi connectivity index (χ4n) is 2.71. The summed E-state index contributed by atoms with van der Waals surface area (Å²) in [6, 6.07) is 0.0413. The van der Waals surface area contributed by atoms with Gasteiger partial charge in [0.15, 0.2) is 0 Å². The summed E-state index contributed by atoms with van der Waals surface area (Å²) in [6.07, 6.45) is 2.34. The Morgan fingerprint density at radius 2 is 2.06 bits per heavy atom. The molecular weight excluding hydrogens is 234 g/mol. The molecule has 0 bridgehead atoms. The molecule has 2 aliphatic rings. The summed E-state index contributed by atoms with van der Waals surface area (Å²) in [4.78, 5) is 25.3. The van der Waals surface area contributed by atoms with Crippen LogP contribution in [0, 0.1) is 5.41 Å². The van der Waals surface area contributed by atoms with Gasteiger partial charge in [-0.2, -0.15) is 0 Å². The Balaban J connectivity index is 2.00. The van der Waals surface area contributed by atoms with E-state index in [0.29, 0.717) is 26.0 Å². The standard InChI is InChI=1S/C13H21NO4/c1-9-8-18-10(2)7-14(9)11(15)6-13(12(16)17)4-3-5-13/h9-10H,3-8H2,1-2H3,(H,16,17). The van der Waals surface area contributed by atoms with Gasteiger partial charge in [-0.3, -0.25) is 9.59 Å². The molecular formula is C13H21NO4. The number of hydrogen-bond donors (Lipinski definition) is 1. The minimum Gasteiger partial charge on any atom is -0.481 e. The zero-order chi connectivity index (χ0) is 13.3. The van der Waals surface area contributed by atoms with E-state index in [1.165, 1.54) is 0 Å². The lowest BCUT2D eigenvalue weighted by Gasteiger charge is -2.41. The van der Waals surface area contributed by atoms with Crippen molar-refractivity contribution < 1.29 is 19.4 Å². The Labute approximate surface area is 107 Å². The molecule has 0 radical (unpaired) electrons. The van der Waals surface area contributed by atoms with Crippen LogP contribution < -0.4 is 0 Å². The second-order valence-electron chi connectivity index (χ2n) is 5.65. The minimum atomic E-state index is -0.823. The number of nitrogens with zero attached hydrogens (tertiary/aromatic N) is 1. The third kappa shape index (κ3) is 2.36. The van der Waals surface area contributed by atoms with Gasteiger partial charge in [0.1, 0.15) is 0 Å². The molecule has 5 heteroatoms. The van der Waals surface area contributed by atoms with E-state index >= 15 is 0 Å². The number of hydrogen-bond acceptors (Lipinski definition) is 3. The van der Waals surface area contributed by atoms with Crippen LogP contribution in [0.4, 0.5) is 0 Å². The molecule has 0 spiro atoms. The molecule has 102 valence electrons. The molecule has 0 aromatic heterocycles. The van der Waals surface area contributed by atoms with Gasteiger partial charge >= 0.3 is 5.97 Å². The van der Waals surface area contributed by atoms with Crippen LogP contribution in [0.15, 0.2) is 0 Å². The fraction of sp³-hybridized carbons (Fsp3) is 0.846. The number of carboxylic acids is 1. The fourth-order valence-corrected chi connectivity index (χ4v) is 2.71. The maximum Gasteiger partial charge on any atom is 0.310 e. The summed E-state index contributed by atoms with van der Waals surface area (Å²) in [6.45, 7) is 4.98. The smallest absolute Gasteiger partial charge is 0.310 e. The maximum atomic E-state index is 12.3. The number of amides is 1. The Hall–Kier alpha value is -1.10. The largest absolute Gasteiger partial charge is 0.481 e. The molecule has 0 aromatic carbocycles. The van der Waals surface area contributed by atoms with E-state index in [4.69, 9.17) is 4.74 Å². The monoisotopic (exact) mass is 255 g/mol. The number of morpholine rings is 1.